The second-order valence-electron chi connectivity index (χ2n) is 7.72. The van der Waals surface area contributed by atoms with E-state index in [0.29, 0.717) is 17.8 Å². The Bertz CT molecular complexity index is 494. The highest BCUT2D eigenvalue weighted by molar-refractivity contribution is 5.90. The Morgan fingerprint density at radius 1 is 1.26 bits per heavy atom. The highest BCUT2D eigenvalue weighted by atomic mass is 16.6. The molecular formula is C16H22O3. The van der Waals surface area contributed by atoms with Crippen molar-refractivity contribution in [1.82, 2.24) is 0 Å². The van der Waals surface area contributed by atoms with Crippen molar-refractivity contribution in [1.29, 1.82) is 0 Å². The zero-order chi connectivity index (χ0) is 14.1. The number of Topliss-reactive ketones (excluding diaryl/α,β-unsaturated/α-hetero) is 1. The van der Waals surface area contributed by atoms with Gasteiger partial charge in [0.1, 0.15) is 11.4 Å². The molecule has 4 rings (SSSR count). The van der Waals surface area contributed by atoms with Gasteiger partial charge in [-0.1, -0.05) is 20.4 Å². The lowest BCUT2D eigenvalue weighted by atomic mass is 9.43. The van der Waals surface area contributed by atoms with E-state index >= 15 is 0 Å². The van der Waals surface area contributed by atoms with Crippen LogP contribution in [0.25, 0.3) is 0 Å². The monoisotopic (exact) mass is 262 g/mol. The van der Waals surface area contributed by atoms with E-state index in [0.717, 1.165) is 25.7 Å². The van der Waals surface area contributed by atoms with Crippen LogP contribution >= 0.6 is 0 Å². The van der Waals surface area contributed by atoms with Crippen molar-refractivity contribution in [2.45, 2.75) is 58.5 Å². The Morgan fingerprint density at radius 2 is 1.95 bits per heavy atom. The van der Waals surface area contributed by atoms with E-state index in [1.165, 1.54) is 0 Å². The molecule has 0 heterocycles. The summed E-state index contributed by atoms with van der Waals surface area (Å²) >= 11 is 0. The van der Waals surface area contributed by atoms with Crippen LogP contribution in [0.4, 0.5) is 0 Å². The number of esters is 1. The fourth-order valence-corrected chi connectivity index (χ4v) is 5.27. The second kappa shape index (κ2) is 3.50. The predicted octanol–water partition coefficient (Wildman–Crippen LogP) is 3.03. The highest BCUT2D eigenvalue weighted by Crippen LogP contribution is 2.65. The largest absolute Gasteiger partial charge is 0.456 e. The summed E-state index contributed by atoms with van der Waals surface area (Å²) in [5.41, 5.74) is -0.116. The van der Waals surface area contributed by atoms with Gasteiger partial charge in [-0.25, -0.2) is 4.79 Å². The molecule has 19 heavy (non-hydrogen) atoms. The minimum Gasteiger partial charge on any atom is -0.456 e. The van der Waals surface area contributed by atoms with Crippen LogP contribution in [0.1, 0.15) is 52.9 Å². The number of rotatable bonds is 2. The fourth-order valence-electron chi connectivity index (χ4n) is 5.27. The number of hydrogen-bond donors (Lipinski definition) is 0. The van der Waals surface area contributed by atoms with Crippen molar-refractivity contribution >= 4 is 11.8 Å². The molecule has 0 N–H and O–H groups in total. The van der Waals surface area contributed by atoms with E-state index in [4.69, 9.17) is 4.74 Å². The van der Waals surface area contributed by atoms with Crippen molar-refractivity contribution < 1.29 is 14.3 Å². The first-order valence-corrected chi connectivity index (χ1v) is 7.10. The van der Waals surface area contributed by atoms with E-state index in [1.54, 1.807) is 6.92 Å². The van der Waals surface area contributed by atoms with Gasteiger partial charge in [-0.2, -0.15) is 0 Å². The van der Waals surface area contributed by atoms with Gasteiger partial charge in [0, 0.05) is 16.9 Å². The molecule has 0 aliphatic heterocycles. The van der Waals surface area contributed by atoms with Crippen molar-refractivity contribution in [2.24, 2.45) is 16.7 Å². The molecule has 3 nitrogen and oxygen atoms in total. The van der Waals surface area contributed by atoms with Crippen LogP contribution in [0.3, 0.4) is 0 Å². The average molecular weight is 262 g/mol. The van der Waals surface area contributed by atoms with Crippen LogP contribution < -0.4 is 0 Å². The van der Waals surface area contributed by atoms with Crippen molar-refractivity contribution in [3.8, 4) is 0 Å². The summed E-state index contributed by atoms with van der Waals surface area (Å²) in [6.45, 7) is 9.64. The first-order valence-electron chi connectivity index (χ1n) is 7.10. The molecule has 0 spiro atoms. The molecule has 3 heteroatoms. The van der Waals surface area contributed by atoms with Gasteiger partial charge in [0.15, 0.2) is 0 Å². The molecule has 104 valence electrons. The maximum Gasteiger partial charge on any atom is 0.333 e. The lowest BCUT2D eigenvalue weighted by molar-refractivity contribution is -0.210. The molecule has 4 bridgehead atoms. The summed E-state index contributed by atoms with van der Waals surface area (Å²) < 4.78 is 5.80. The maximum atomic E-state index is 12.4. The third kappa shape index (κ3) is 1.78. The molecule has 4 aliphatic carbocycles. The van der Waals surface area contributed by atoms with Crippen LogP contribution in [0.15, 0.2) is 12.2 Å². The van der Waals surface area contributed by atoms with E-state index in [2.05, 4.69) is 20.4 Å². The first-order chi connectivity index (χ1) is 8.67. The minimum absolute atomic E-state index is 0.0872. The van der Waals surface area contributed by atoms with Gasteiger partial charge in [0.05, 0.1) is 0 Å². The smallest absolute Gasteiger partial charge is 0.333 e. The molecule has 0 aromatic rings. The number of ether oxygens (including phenoxy) is 1. The van der Waals surface area contributed by atoms with E-state index in [1.807, 2.05) is 0 Å². The summed E-state index contributed by atoms with van der Waals surface area (Å²) in [4.78, 5) is 24.4. The SMILES string of the molecule is C=C(C)C(=O)OC12CC3CC(C)(C1)CC(C)(C2)C3=O. The average Bonchev–Trinajstić information content (AvgIpc) is 2.22. The van der Waals surface area contributed by atoms with Crippen molar-refractivity contribution in [2.75, 3.05) is 0 Å². The Balaban J connectivity index is 1.95. The van der Waals surface area contributed by atoms with Crippen LogP contribution in [0, 0.1) is 16.7 Å². The Kier molecular flexibility index (Phi) is 2.37. The van der Waals surface area contributed by atoms with Crippen LogP contribution in [-0.4, -0.2) is 17.4 Å². The van der Waals surface area contributed by atoms with Gasteiger partial charge in [-0.3, -0.25) is 4.79 Å². The number of ketones is 1. The molecular weight excluding hydrogens is 240 g/mol. The van der Waals surface area contributed by atoms with Gasteiger partial charge in [0.25, 0.3) is 0 Å². The third-order valence-electron chi connectivity index (χ3n) is 5.26. The molecule has 4 unspecified atom stereocenters. The summed E-state index contributed by atoms with van der Waals surface area (Å²) in [5.74, 6) is 0.178. The third-order valence-corrected chi connectivity index (χ3v) is 5.26. The lowest BCUT2D eigenvalue weighted by Gasteiger charge is -2.63. The van der Waals surface area contributed by atoms with Gasteiger partial charge in [0.2, 0.25) is 0 Å². The zero-order valence-corrected chi connectivity index (χ0v) is 12.0. The molecule has 4 fully saturated rings. The highest BCUT2D eigenvalue weighted by Gasteiger charge is 2.65. The Hall–Kier alpha value is -1.12. The minimum atomic E-state index is -0.422. The number of carbonyl (C=O) groups excluding carboxylic acids is 2. The summed E-state index contributed by atoms with van der Waals surface area (Å²) in [7, 11) is 0. The molecule has 0 aromatic carbocycles. The van der Waals surface area contributed by atoms with Gasteiger partial charge < -0.3 is 4.74 Å². The molecule has 0 radical (unpaired) electrons. The van der Waals surface area contributed by atoms with Crippen LogP contribution in [0.5, 0.6) is 0 Å². The standard InChI is InChI=1S/C16H22O3/c1-10(2)13(18)19-16-6-11-5-14(3,8-16)7-15(4,9-16)12(11)17/h11H,1,5-9H2,2-4H3. The van der Waals surface area contributed by atoms with Crippen LogP contribution in [0.2, 0.25) is 0 Å². The quantitative estimate of drug-likeness (QED) is 0.567. The van der Waals surface area contributed by atoms with E-state index in [-0.39, 0.29) is 22.7 Å². The Morgan fingerprint density at radius 3 is 2.53 bits per heavy atom. The zero-order valence-electron chi connectivity index (χ0n) is 12.0. The normalized spacial score (nSPS) is 47.3. The first kappa shape index (κ1) is 12.9. The van der Waals surface area contributed by atoms with Crippen molar-refractivity contribution in [3.05, 3.63) is 12.2 Å². The van der Waals surface area contributed by atoms with Gasteiger partial charge in [-0.15, -0.1) is 0 Å². The lowest BCUT2D eigenvalue weighted by Crippen LogP contribution is -2.64. The summed E-state index contributed by atoms with van der Waals surface area (Å²) in [6.07, 6.45) is 4.23. The molecule has 0 amide bonds. The predicted molar refractivity (Wildman–Crippen MR) is 71.4 cm³/mol. The van der Waals surface area contributed by atoms with Gasteiger partial charge in [-0.05, 0) is 44.4 Å². The van der Waals surface area contributed by atoms with E-state index < -0.39 is 5.60 Å². The number of hydrogen-bond acceptors (Lipinski definition) is 3. The summed E-state index contributed by atoms with van der Waals surface area (Å²) in [6, 6.07) is 0. The molecule has 0 saturated heterocycles. The topological polar surface area (TPSA) is 43.4 Å². The Labute approximate surface area is 114 Å². The molecule has 4 saturated carbocycles. The second-order valence-corrected chi connectivity index (χ2v) is 7.72. The molecule has 0 aromatic heterocycles. The molecule has 4 aliphatic rings. The van der Waals surface area contributed by atoms with Gasteiger partial charge >= 0.3 is 5.97 Å². The maximum absolute atomic E-state index is 12.4. The molecule has 4 atom stereocenters. The van der Waals surface area contributed by atoms with Crippen molar-refractivity contribution in [3.63, 3.8) is 0 Å². The van der Waals surface area contributed by atoms with Crippen LogP contribution in [-0.2, 0) is 14.3 Å². The number of carbonyl (C=O) groups is 2. The van der Waals surface area contributed by atoms with E-state index in [9.17, 15) is 9.59 Å². The summed E-state index contributed by atoms with van der Waals surface area (Å²) in [5, 5.41) is 0. The fraction of sp³-hybridized carbons (Fsp3) is 0.750.